The van der Waals surface area contributed by atoms with Crippen LogP contribution in [0.2, 0.25) is 0 Å². The third-order valence-electron chi connectivity index (χ3n) is 3.23. The maximum atomic E-state index is 3.58. The number of rotatable bonds is 5. The van der Waals surface area contributed by atoms with Crippen molar-refractivity contribution in [1.29, 1.82) is 0 Å². The molecule has 1 saturated heterocycles. The molecule has 0 bridgehead atoms. The molecule has 1 aliphatic heterocycles. The summed E-state index contributed by atoms with van der Waals surface area (Å²) in [6.07, 6.45) is 2.76. The molecule has 16 heavy (non-hydrogen) atoms. The van der Waals surface area contributed by atoms with Crippen molar-refractivity contribution in [2.24, 2.45) is 0 Å². The largest absolute Gasteiger partial charge is 0.309 e. The number of nitrogens with one attached hydrogen (secondary N) is 1. The van der Waals surface area contributed by atoms with Gasteiger partial charge in [0.25, 0.3) is 0 Å². The Hall–Kier alpha value is -0.860. The molecule has 0 amide bonds. The van der Waals surface area contributed by atoms with Crippen molar-refractivity contribution >= 4 is 0 Å². The molecule has 1 aromatic carbocycles. The maximum Gasteiger partial charge on any atom is 0.0208 e. The zero-order valence-electron chi connectivity index (χ0n) is 10.2. The summed E-state index contributed by atoms with van der Waals surface area (Å²) in [6.45, 7) is 7.03. The van der Waals surface area contributed by atoms with Gasteiger partial charge < -0.3 is 10.2 Å². The molecule has 0 radical (unpaired) electrons. The molecule has 1 fully saturated rings. The molecule has 0 unspecified atom stereocenters. The number of hydrogen-bond donors (Lipinski definition) is 1. The van der Waals surface area contributed by atoms with E-state index in [9.17, 15) is 0 Å². The lowest BCUT2D eigenvalue weighted by molar-refractivity contribution is 0.298. The van der Waals surface area contributed by atoms with E-state index in [-0.39, 0.29) is 0 Å². The lowest BCUT2D eigenvalue weighted by Crippen LogP contribution is -2.37. The Balaban J connectivity index is 1.69. The zero-order valence-corrected chi connectivity index (χ0v) is 10.2. The molecule has 0 spiro atoms. The number of benzene rings is 1. The monoisotopic (exact) mass is 218 g/mol. The molecule has 1 aliphatic rings. The molecular formula is C14H22N2. The fourth-order valence-electron chi connectivity index (χ4n) is 2.30. The summed E-state index contributed by atoms with van der Waals surface area (Å²) in [6, 6.07) is 11.2. The molecule has 2 nitrogen and oxygen atoms in total. The summed E-state index contributed by atoms with van der Waals surface area (Å²) in [5.41, 5.74) is 1.37. The van der Waals surface area contributed by atoms with E-state index < -0.39 is 0 Å². The zero-order chi connectivity index (χ0) is 11.2. The van der Waals surface area contributed by atoms with Crippen LogP contribution in [0.25, 0.3) is 0 Å². The van der Waals surface area contributed by atoms with Crippen molar-refractivity contribution in [2.45, 2.75) is 32.4 Å². The van der Waals surface area contributed by atoms with Crippen molar-refractivity contribution in [3.05, 3.63) is 35.9 Å². The Kier molecular flexibility index (Phi) is 4.37. The fraction of sp³-hybridized carbons (Fsp3) is 0.571. The SMILES string of the molecule is C[C@H](CN1CCCC1)NCc1ccccc1. The Morgan fingerprint density at radius 1 is 1.19 bits per heavy atom. The lowest BCUT2D eigenvalue weighted by Gasteiger charge is -2.21. The minimum absolute atomic E-state index is 0.582. The minimum atomic E-state index is 0.582. The van der Waals surface area contributed by atoms with Gasteiger partial charge in [-0.05, 0) is 38.4 Å². The second-order valence-corrected chi connectivity index (χ2v) is 4.78. The first-order chi connectivity index (χ1) is 7.84. The topological polar surface area (TPSA) is 15.3 Å². The molecule has 2 heteroatoms. The predicted molar refractivity (Wildman–Crippen MR) is 68.4 cm³/mol. The first kappa shape index (κ1) is 11.6. The van der Waals surface area contributed by atoms with Crippen LogP contribution in [-0.2, 0) is 6.54 Å². The highest BCUT2D eigenvalue weighted by atomic mass is 15.2. The summed E-state index contributed by atoms with van der Waals surface area (Å²) >= 11 is 0. The third kappa shape index (κ3) is 3.62. The molecule has 2 rings (SSSR count). The quantitative estimate of drug-likeness (QED) is 0.815. The van der Waals surface area contributed by atoms with E-state index in [0.717, 1.165) is 6.54 Å². The van der Waals surface area contributed by atoms with Gasteiger partial charge >= 0.3 is 0 Å². The van der Waals surface area contributed by atoms with E-state index in [2.05, 4.69) is 47.5 Å². The number of hydrogen-bond acceptors (Lipinski definition) is 2. The molecule has 88 valence electrons. The van der Waals surface area contributed by atoms with Crippen LogP contribution in [-0.4, -0.2) is 30.6 Å². The molecule has 1 atom stereocenters. The van der Waals surface area contributed by atoms with E-state index in [1.807, 2.05) is 0 Å². The summed E-state index contributed by atoms with van der Waals surface area (Å²) in [5.74, 6) is 0. The average molecular weight is 218 g/mol. The Morgan fingerprint density at radius 3 is 2.56 bits per heavy atom. The van der Waals surface area contributed by atoms with Gasteiger partial charge in [-0.2, -0.15) is 0 Å². The maximum absolute atomic E-state index is 3.58. The van der Waals surface area contributed by atoms with Crippen LogP contribution < -0.4 is 5.32 Å². The van der Waals surface area contributed by atoms with Gasteiger partial charge in [-0.25, -0.2) is 0 Å². The van der Waals surface area contributed by atoms with Gasteiger partial charge in [0.05, 0.1) is 0 Å². The van der Waals surface area contributed by atoms with E-state index >= 15 is 0 Å². The van der Waals surface area contributed by atoms with Gasteiger partial charge in [0.2, 0.25) is 0 Å². The number of nitrogens with zero attached hydrogens (tertiary/aromatic N) is 1. The Bertz CT molecular complexity index is 291. The van der Waals surface area contributed by atoms with E-state index in [1.54, 1.807) is 0 Å². The Morgan fingerprint density at radius 2 is 1.88 bits per heavy atom. The molecular weight excluding hydrogens is 196 g/mol. The van der Waals surface area contributed by atoms with Gasteiger partial charge in [0.1, 0.15) is 0 Å². The van der Waals surface area contributed by atoms with Gasteiger partial charge in [0.15, 0.2) is 0 Å². The van der Waals surface area contributed by atoms with E-state index in [0.29, 0.717) is 6.04 Å². The van der Waals surface area contributed by atoms with Crippen LogP contribution in [0.5, 0.6) is 0 Å². The summed E-state index contributed by atoms with van der Waals surface area (Å²) in [5, 5.41) is 3.58. The van der Waals surface area contributed by atoms with E-state index in [1.165, 1.54) is 38.0 Å². The number of likely N-dealkylation sites (tertiary alicyclic amines) is 1. The van der Waals surface area contributed by atoms with Crippen molar-refractivity contribution in [3.8, 4) is 0 Å². The first-order valence-electron chi connectivity index (χ1n) is 6.34. The lowest BCUT2D eigenvalue weighted by atomic mass is 10.2. The smallest absolute Gasteiger partial charge is 0.0208 e. The van der Waals surface area contributed by atoms with Crippen molar-refractivity contribution in [2.75, 3.05) is 19.6 Å². The van der Waals surface area contributed by atoms with Crippen LogP contribution in [0.3, 0.4) is 0 Å². The molecule has 0 aromatic heterocycles. The van der Waals surface area contributed by atoms with Crippen LogP contribution in [0, 0.1) is 0 Å². The Labute approximate surface area is 98.7 Å². The third-order valence-corrected chi connectivity index (χ3v) is 3.23. The van der Waals surface area contributed by atoms with Crippen LogP contribution in [0.4, 0.5) is 0 Å². The van der Waals surface area contributed by atoms with Crippen LogP contribution in [0.15, 0.2) is 30.3 Å². The van der Waals surface area contributed by atoms with Crippen molar-refractivity contribution in [1.82, 2.24) is 10.2 Å². The van der Waals surface area contributed by atoms with Crippen LogP contribution in [0.1, 0.15) is 25.3 Å². The normalized spacial score (nSPS) is 18.8. The molecule has 1 heterocycles. The standard InChI is InChI=1S/C14H22N2/c1-13(12-16-9-5-6-10-16)15-11-14-7-3-2-4-8-14/h2-4,7-8,13,15H,5-6,9-12H2,1H3/t13-/m1/s1. The summed E-state index contributed by atoms with van der Waals surface area (Å²) in [7, 11) is 0. The highest BCUT2D eigenvalue weighted by molar-refractivity contribution is 5.14. The van der Waals surface area contributed by atoms with E-state index in [4.69, 9.17) is 0 Å². The second kappa shape index (κ2) is 6.02. The highest BCUT2D eigenvalue weighted by Crippen LogP contribution is 2.07. The molecule has 0 saturated carbocycles. The second-order valence-electron chi connectivity index (χ2n) is 4.78. The fourth-order valence-corrected chi connectivity index (χ4v) is 2.30. The van der Waals surface area contributed by atoms with Gasteiger partial charge in [-0.3, -0.25) is 0 Å². The highest BCUT2D eigenvalue weighted by Gasteiger charge is 2.13. The predicted octanol–water partition coefficient (Wildman–Crippen LogP) is 2.26. The van der Waals surface area contributed by atoms with Gasteiger partial charge in [-0.15, -0.1) is 0 Å². The van der Waals surface area contributed by atoms with Crippen LogP contribution >= 0.6 is 0 Å². The van der Waals surface area contributed by atoms with Gasteiger partial charge in [0, 0.05) is 19.1 Å². The average Bonchev–Trinajstić information content (AvgIpc) is 2.81. The summed E-state index contributed by atoms with van der Waals surface area (Å²) < 4.78 is 0. The molecule has 0 aliphatic carbocycles. The van der Waals surface area contributed by atoms with Gasteiger partial charge in [-0.1, -0.05) is 30.3 Å². The molecule has 1 N–H and O–H groups in total. The van der Waals surface area contributed by atoms with Crippen molar-refractivity contribution in [3.63, 3.8) is 0 Å². The molecule has 1 aromatic rings. The summed E-state index contributed by atoms with van der Waals surface area (Å²) in [4.78, 5) is 2.56. The first-order valence-corrected chi connectivity index (χ1v) is 6.34. The van der Waals surface area contributed by atoms with Crippen molar-refractivity contribution < 1.29 is 0 Å². The minimum Gasteiger partial charge on any atom is -0.309 e.